The lowest BCUT2D eigenvalue weighted by Gasteiger charge is -2.25. The van der Waals surface area contributed by atoms with Crippen LogP contribution in [0.4, 0.5) is 0 Å². The number of carboxylic acids is 2. The van der Waals surface area contributed by atoms with Gasteiger partial charge < -0.3 is 14.9 Å². The average molecular weight is 350 g/mol. The topological polar surface area (TPSA) is 101 Å². The van der Waals surface area contributed by atoms with Crippen LogP contribution in [0, 0.1) is 0 Å². The van der Waals surface area contributed by atoms with E-state index < -0.39 is 23.5 Å². The van der Waals surface area contributed by atoms with E-state index in [1.807, 2.05) is 0 Å². The molecule has 0 unspecified atom stereocenters. The summed E-state index contributed by atoms with van der Waals surface area (Å²) >= 11 is 0. The molecule has 0 spiro atoms. The van der Waals surface area contributed by atoms with Crippen molar-refractivity contribution < 1.29 is 29.3 Å². The van der Waals surface area contributed by atoms with Crippen LogP contribution >= 0.6 is 0 Å². The Balaban J connectivity index is 2.82. The Morgan fingerprint density at radius 1 is 0.960 bits per heavy atom. The Bertz CT molecular complexity index is 633. The Hall–Kier alpha value is -2.37. The van der Waals surface area contributed by atoms with Gasteiger partial charge in [0, 0.05) is 0 Å². The summed E-state index contributed by atoms with van der Waals surface area (Å²) in [4.78, 5) is 34.7. The highest BCUT2D eigenvalue weighted by Crippen LogP contribution is 2.23. The number of hydrogen-bond donors (Lipinski definition) is 2. The van der Waals surface area contributed by atoms with Crippen LogP contribution in [0.25, 0.3) is 0 Å². The second-order valence-corrected chi connectivity index (χ2v) is 6.68. The fraction of sp³-hybridized carbons (Fsp3) is 0.526. The number of rotatable bonds is 10. The molecule has 138 valence electrons. The number of hydrogen-bond acceptors (Lipinski definition) is 4. The normalized spacial score (nSPS) is 11.2. The molecule has 0 aromatic heterocycles. The lowest BCUT2D eigenvalue weighted by atomic mass is 9.99. The lowest BCUT2D eigenvalue weighted by molar-refractivity contribution is -0.00582. The van der Waals surface area contributed by atoms with Crippen LogP contribution in [-0.4, -0.2) is 33.7 Å². The van der Waals surface area contributed by atoms with Gasteiger partial charge in [-0.05, 0) is 44.9 Å². The molecule has 0 aliphatic carbocycles. The molecular weight excluding hydrogens is 324 g/mol. The largest absolute Gasteiger partial charge is 0.478 e. The number of benzene rings is 1. The summed E-state index contributed by atoms with van der Waals surface area (Å²) in [7, 11) is 0. The van der Waals surface area contributed by atoms with E-state index in [1.54, 1.807) is 13.8 Å². The molecule has 0 aliphatic heterocycles. The zero-order valence-corrected chi connectivity index (χ0v) is 15.0. The van der Waals surface area contributed by atoms with Crippen LogP contribution in [-0.2, 0) is 4.74 Å². The van der Waals surface area contributed by atoms with Gasteiger partial charge in [-0.25, -0.2) is 14.4 Å². The molecule has 1 rings (SSSR count). The van der Waals surface area contributed by atoms with Crippen molar-refractivity contribution in [2.45, 2.75) is 64.9 Å². The van der Waals surface area contributed by atoms with Gasteiger partial charge in [0.05, 0.1) is 16.7 Å². The summed E-state index contributed by atoms with van der Waals surface area (Å²) in [6.45, 7) is 5.72. The molecule has 0 radical (unpaired) electrons. The Morgan fingerprint density at radius 3 is 2.16 bits per heavy atom. The maximum atomic E-state index is 12.4. The minimum atomic E-state index is -1.37. The first-order valence-electron chi connectivity index (χ1n) is 8.52. The molecule has 6 nitrogen and oxygen atoms in total. The van der Waals surface area contributed by atoms with Crippen molar-refractivity contribution >= 4 is 17.9 Å². The predicted octanol–water partition coefficient (Wildman–Crippen LogP) is 4.38. The smallest absolute Gasteiger partial charge is 0.339 e. The van der Waals surface area contributed by atoms with E-state index in [0.29, 0.717) is 6.42 Å². The fourth-order valence-electron chi connectivity index (χ4n) is 2.54. The number of carboxylic acid groups (broad SMARTS) is 2. The van der Waals surface area contributed by atoms with E-state index in [4.69, 9.17) is 9.84 Å². The van der Waals surface area contributed by atoms with E-state index >= 15 is 0 Å². The van der Waals surface area contributed by atoms with Gasteiger partial charge in [-0.3, -0.25) is 0 Å². The third-order valence-electron chi connectivity index (χ3n) is 3.97. The summed E-state index contributed by atoms with van der Waals surface area (Å²) in [6, 6.07) is 3.36. The molecule has 6 heteroatoms. The van der Waals surface area contributed by atoms with Crippen LogP contribution in [0.3, 0.4) is 0 Å². The molecular formula is C19H26O6. The molecule has 0 fully saturated rings. The molecule has 0 amide bonds. The fourth-order valence-corrected chi connectivity index (χ4v) is 2.54. The van der Waals surface area contributed by atoms with Gasteiger partial charge in [0.2, 0.25) is 0 Å². The number of unbranched alkanes of at least 4 members (excludes halogenated alkanes) is 4. The van der Waals surface area contributed by atoms with Crippen molar-refractivity contribution in [1.82, 2.24) is 0 Å². The molecule has 2 N–H and O–H groups in total. The quantitative estimate of drug-likeness (QED) is 0.480. The average Bonchev–Trinajstić information content (AvgIpc) is 2.53. The summed E-state index contributed by atoms with van der Waals surface area (Å²) < 4.78 is 5.47. The van der Waals surface area contributed by atoms with Gasteiger partial charge in [0.25, 0.3) is 0 Å². The number of esters is 1. The van der Waals surface area contributed by atoms with Crippen LogP contribution in [0.1, 0.15) is 90.4 Å². The van der Waals surface area contributed by atoms with Crippen LogP contribution < -0.4 is 0 Å². The SMILES string of the molecule is CCCCCCCC(C)(C)OC(=O)c1ccc(C(=O)O)cc1C(=O)O. The lowest BCUT2D eigenvalue weighted by Crippen LogP contribution is -2.29. The minimum Gasteiger partial charge on any atom is -0.478 e. The van der Waals surface area contributed by atoms with Crippen molar-refractivity contribution in [1.29, 1.82) is 0 Å². The summed E-state index contributed by atoms with van der Waals surface area (Å²) in [6.07, 6.45) is 6.13. The second kappa shape index (κ2) is 9.20. The van der Waals surface area contributed by atoms with Gasteiger partial charge in [0.1, 0.15) is 5.60 Å². The third-order valence-corrected chi connectivity index (χ3v) is 3.97. The molecule has 1 aromatic rings. The Labute approximate surface area is 147 Å². The zero-order chi connectivity index (χ0) is 19.0. The van der Waals surface area contributed by atoms with Crippen LogP contribution in [0.15, 0.2) is 18.2 Å². The summed E-state index contributed by atoms with van der Waals surface area (Å²) in [5.41, 5.74) is -1.42. The maximum absolute atomic E-state index is 12.4. The van der Waals surface area contributed by atoms with Crippen molar-refractivity contribution in [2.75, 3.05) is 0 Å². The van der Waals surface area contributed by atoms with E-state index in [-0.39, 0.29) is 16.7 Å². The highest BCUT2D eigenvalue weighted by atomic mass is 16.6. The summed E-state index contributed by atoms with van der Waals surface area (Å²) in [5, 5.41) is 18.2. The zero-order valence-electron chi connectivity index (χ0n) is 15.0. The highest BCUT2D eigenvalue weighted by molar-refractivity contribution is 6.04. The molecule has 0 bridgehead atoms. The molecule has 25 heavy (non-hydrogen) atoms. The number of aromatic carboxylic acids is 2. The minimum absolute atomic E-state index is 0.142. The van der Waals surface area contributed by atoms with Crippen LogP contribution in [0.5, 0.6) is 0 Å². The van der Waals surface area contributed by atoms with E-state index in [1.165, 1.54) is 18.6 Å². The number of ether oxygens (including phenoxy) is 1. The standard InChI is InChI=1S/C19H26O6/c1-4-5-6-7-8-11-19(2,3)25-18(24)14-10-9-13(16(20)21)12-15(14)17(22)23/h9-10,12H,4-8,11H2,1-3H3,(H,20,21)(H,22,23). The van der Waals surface area contributed by atoms with Crippen molar-refractivity contribution in [3.05, 3.63) is 34.9 Å². The third kappa shape index (κ3) is 6.57. The Morgan fingerprint density at radius 2 is 1.60 bits per heavy atom. The molecule has 0 saturated carbocycles. The monoisotopic (exact) mass is 350 g/mol. The molecule has 0 atom stereocenters. The Kier molecular flexibility index (Phi) is 7.61. The number of carbonyl (C=O) groups excluding carboxylic acids is 1. The molecule has 0 heterocycles. The first-order valence-corrected chi connectivity index (χ1v) is 8.52. The first kappa shape index (κ1) is 20.7. The van der Waals surface area contributed by atoms with E-state index in [9.17, 15) is 19.5 Å². The van der Waals surface area contributed by atoms with Crippen molar-refractivity contribution in [2.24, 2.45) is 0 Å². The van der Waals surface area contributed by atoms with Gasteiger partial charge in [-0.2, -0.15) is 0 Å². The van der Waals surface area contributed by atoms with E-state index in [0.717, 1.165) is 31.7 Å². The predicted molar refractivity (Wildman–Crippen MR) is 93.2 cm³/mol. The van der Waals surface area contributed by atoms with Crippen molar-refractivity contribution in [3.63, 3.8) is 0 Å². The van der Waals surface area contributed by atoms with Crippen LogP contribution in [0.2, 0.25) is 0 Å². The van der Waals surface area contributed by atoms with Gasteiger partial charge in [-0.1, -0.05) is 32.6 Å². The van der Waals surface area contributed by atoms with Gasteiger partial charge >= 0.3 is 17.9 Å². The van der Waals surface area contributed by atoms with E-state index in [2.05, 4.69) is 6.92 Å². The van der Waals surface area contributed by atoms with Crippen molar-refractivity contribution in [3.8, 4) is 0 Å². The molecule has 0 saturated heterocycles. The van der Waals surface area contributed by atoms with Gasteiger partial charge in [0.15, 0.2) is 0 Å². The maximum Gasteiger partial charge on any atom is 0.339 e. The first-order chi connectivity index (χ1) is 11.7. The highest BCUT2D eigenvalue weighted by Gasteiger charge is 2.26. The second-order valence-electron chi connectivity index (χ2n) is 6.68. The molecule has 1 aromatic carbocycles. The van der Waals surface area contributed by atoms with Gasteiger partial charge in [-0.15, -0.1) is 0 Å². The summed E-state index contributed by atoms with van der Waals surface area (Å²) in [5.74, 6) is -3.38. The number of carbonyl (C=O) groups is 3. The molecule has 0 aliphatic rings.